The van der Waals surface area contributed by atoms with Gasteiger partial charge >= 0.3 is 12.1 Å². The average Bonchev–Trinajstić information content (AvgIpc) is 3.56. The summed E-state index contributed by atoms with van der Waals surface area (Å²) in [6.07, 6.45) is 0.119. The molecule has 0 bridgehead atoms. The van der Waals surface area contributed by atoms with Gasteiger partial charge in [0.2, 0.25) is 5.91 Å². The number of carboxylic acid groups (broad SMARTS) is 1. The quantitative estimate of drug-likeness (QED) is 0.496. The van der Waals surface area contributed by atoms with Crippen LogP contribution in [-0.2, 0) is 19.1 Å². The minimum absolute atomic E-state index is 0.0352. The Hall–Kier alpha value is -3.39. The highest BCUT2D eigenvalue weighted by atomic mass is 16.5. The molecule has 34 heavy (non-hydrogen) atoms. The van der Waals surface area contributed by atoms with Crippen molar-refractivity contribution in [1.29, 1.82) is 0 Å². The van der Waals surface area contributed by atoms with Crippen LogP contribution in [0.3, 0.4) is 0 Å². The van der Waals surface area contributed by atoms with Crippen LogP contribution in [0, 0.1) is 11.8 Å². The summed E-state index contributed by atoms with van der Waals surface area (Å²) in [4.78, 5) is 36.9. The van der Waals surface area contributed by atoms with Crippen LogP contribution in [0.25, 0.3) is 11.1 Å². The molecule has 0 radical (unpaired) electrons. The predicted molar refractivity (Wildman–Crippen MR) is 125 cm³/mol. The standard InChI is InChI=1S/C26H30N2O6/c1-3-26(15-33-2,24(31)27-13-16-12-21(16)23(29)30)28-25(32)34-14-22-19-10-6-4-8-17(19)18-9-5-7-11-20(18)22/h4-11,16,21-22H,3,12-15H2,1-2H3,(H,27,31)(H,28,32)(H,29,30)/t16-,21-,26?/m1/s1. The molecule has 8 nitrogen and oxygen atoms in total. The van der Waals surface area contributed by atoms with Crippen LogP contribution < -0.4 is 10.6 Å². The first kappa shape index (κ1) is 23.8. The molecule has 180 valence electrons. The monoisotopic (exact) mass is 466 g/mol. The zero-order valence-corrected chi connectivity index (χ0v) is 19.4. The molecule has 1 fully saturated rings. The number of fused-ring (bicyclic) bond motifs is 3. The molecular formula is C26H30N2O6. The lowest BCUT2D eigenvalue weighted by atomic mass is 9.96. The van der Waals surface area contributed by atoms with E-state index < -0.39 is 29.4 Å². The summed E-state index contributed by atoms with van der Waals surface area (Å²) in [6.45, 7) is 2.12. The number of carboxylic acids is 1. The van der Waals surface area contributed by atoms with Gasteiger partial charge in [0.1, 0.15) is 12.1 Å². The number of rotatable bonds is 10. The van der Waals surface area contributed by atoms with Crippen molar-refractivity contribution in [3.63, 3.8) is 0 Å². The van der Waals surface area contributed by atoms with E-state index in [-0.39, 0.29) is 38.0 Å². The van der Waals surface area contributed by atoms with Gasteiger partial charge in [-0.25, -0.2) is 4.79 Å². The van der Waals surface area contributed by atoms with Crippen molar-refractivity contribution in [3.05, 3.63) is 59.7 Å². The van der Waals surface area contributed by atoms with Crippen molar-refractivity contribution >= 4 is 18.0 Å². The molecule has 1 unspecified atom stereocenters. The summed E-state index contributed by atoms with van der Waals surface area (Å²) in [5, 5.41) is 14.6. The third kappa shape index (κ3) is 4.63. The van der Waals surface area contributed by atoms with Crippen molar-refractivity contribution in [1.82, 2.24) is 10.6 Å². The minimum Gasteiger partial charge on any atom is -0.481 e. The first-order chi connectivity index (χ1) is 16.4. The minimum atomic E-state index is -1.31. The Morgan fingerprint density at radius 3 is 2.21 bits per heavy atom. The summed E-state index contributed by atoms with van der Waals surface area (Å²) in [5.74, 6) is -1.87. The van der Waals surface area contributed by atoms with Gasteiger partial charge in [-0.3, -0.25) is 9.59 Å². The van der Waals surface area contributed by atoms with Crippen LogP contribution in [0.15, 0.2) is 48.5 Å². The third-order valence-corrected chi connectivity index (χ3v) is 6.88. The number of aliphatic carboxylic acids is 1. The third-order valence-electron chi connectivity index (χ3n) is 6.88. The van der Waals surface area contributed by atoms with Gasteiger partial charge in [-0.2, -0.15) is 0 Å². The van der Waals surface area contributed by atoms with Gasteiger partial charge in [0.25, 0.3) is 0 Å². The summed E-state index contributed by atoms with van der Waals surface area (Å²) < 4.78 is 10.9. The van der Waals surface area contributed by atoms with Crippen molar-refractivity contribution in [2.75, 3.05) is 26.9 Å². The second kappa shape index (κ2) is 9.85. The second-order valence-electron chi connectivity index (χ2n) is 8.97. The van der Waals surface area contributed by atoms with E-state index in [0.717, 1.165) is 22.3 Å². The van der Waals surface area contributed by atoms with Gasteiger partial charge in [-0.1, -0.05) is 55.5 Å². The Balaban J connectivity index is 1.40. The van der Waals surface area contributed by atoms with Crippen LogP contribution in [-0.4, -0.2) is 55.5 Å². The topological polar surface area (TPSA) is 114 Å². The molecule has 0 aromatic heterocycles. The molecule has 0 aliphatic heterocycles. The van der Waals surface area contributed by atoms with Crippen molar-refractivity contribution in [2.24, 2.45) is 11.8 Å². The van der Waals surface area contributed by atoms with Crippen LogP contribution in [0.1, 0.15) is 36.8 Å². The Bertz CT molecular complexity index is 1040. The zero-order valence-electron chi connectivity index (χ0n) is 19.4. The van der Waals surface area contributed by atoms with Gasteiger partial charge in [0, 0.05) is 19.6 Å². The van der Waals surface area contributed by atoms with E-state index in [9.17, 15) is 14.4 Å². The Kier molecular flexibility index (Phi) is 6.88. The van der Waals surface area contributed by atoms with Crippen molar-refractivity contribution in [2.45, 2.75) is 31.2 Å². The maximum absolute atomic E-state index is 13.0. The lowest BCUT2D eigenvalue weighted by molar-refractivity contribution is -0.139. The number of nitrogens with one attached hydrogen (secondary N) is 2. The largest absolute Gasteiger partial charge is 0.481 e. The fourth-order valence-electron chi connectivity index (χ4n) is 4.75. The number of alkyl carbamates (subject to hydrolysis) is 1. The van der Waals surface area contributed by atoms with Crippen LogP contribution in [0.2, 0.25) is 0 Å². The van der Waals surface area contributed by atoms with E-state index in [0.29, 0.717) is 6.42 Å². The van der Waals surface area contributed by atoms with E-state index in [2.05, 4.69) is 22.8 Å². The molecule has 2 aromatic carbocycles. The Labute approximate surface area is 198 Å². The first-order valence-corrected chi connectivity index (χ1v) is 11.5. The van der Waals surface area contributed by atoms with Crippen LogP contribution >= 0.6 is 0 Å². The summed E-state index contributed by atoms with van der Waals surface area (Å²) >= 11 is 0. The normalized spacial score (nSPS) is 19.9. The van der Waals surface area contributed by atoms with E-state index in [1.807, 2.05) is 36.4 Å². The van der Waals surface area contributed by atoms with Gasteiger partial charge in [-0.15, -0.1) is 0 Å². The molecule has 0 heterocycles. The molecule has 2 aliphatic carbocycles. The lowest BCUT2D eigenvalue weighted by Gasteiger charge is -2.31. The molecule has 2 aliphatic rings. The number of carbonyl (C=O) groups excluding carboxylic acids is 2. The number of amides is 2. The number of hydrogen-bond donors (Lipinski definition) is 3. The van der Waals surface area contributed by atoms with Crippen LogP contribution in [0.4, 0.5) is 4.79 Å². The Morgan fingerprint density at radius 2 is 1.68 bits per heavy atom. The molecule has 8 heteroatoms. The fourth-order valence-corrected chi connectivity index (χ4v) is 4.75. The maximum atomic E-state index is 13.0. The van der Waals surface area contributed by atoms with E-state index >= 15 is 0 Å². The highest BCUT2D eigenvalue weighted by Crippen LogP contribution is 2.44. The van der Waals surface area contributed by atoms with Gasteiger partial charge < -0.3 is 25.2 Å². The molecule has 3 atom stereocenters. The SMILES string of the molecule is CCC(COC)(NC(=O)OCC1c2ccccc2-c2ccccc21)C(=O)NC[C@H]1C[C@H]1C(=O)O. The van der Waals surface area contributed by atoms with Crippen molar-refractivity contribution < 1.29 is 29.0 Å². The lowest BCUT2D eigenvalue weighted by Crippen LogP contribution is -2.61. The highest BCUT2D eigenvalue weighted by molar-refractivity contribution is 5.90. The molecular weight excluding hydrogens is 436 g/mol. The van der Waals surface area contributed by atoms with Gasteiger partial charge in [0.15, 0.2) is 0 Å². The number of methoxy groups -OCH3 is 1. The molecule has 2 amide bonds. The smallest absolute Gasteiger partial charge is 0.408 e. The fraction of sp³-hybridized carbons (Fsp3) is 0.423. The number of ether oxygens (including phenoxy) is 2. The van der Waals surface area contributed by atoms with Crippen molar-refractivity contribution in [3.8, 4) is 11.1 Å². The molecule has 4 rings (SSSR count). The molecule has 2 aromatic rings. The summed E-state index contributed by atoms with van der Waals surface area (Å²) in [7, 11) is 1.46. The van der Waals surface area contributed by atoms with E-state index in [1.165, 1.54) is 7.11 Å². The average molecular weight is 467 g/mol. The highest BCUT2D eigenvalue weighted by Gasteiger charge is 2.45. The number of hydrogen-bond acceptors (Lipinski definition) is 5. The molecule has 3 N–H and O–H groups in total. The maximum Gasteiger partial charge on any atom is 0.408 e. The van der Waals surface area contributed by atoms with E-state index in [4.69, 9.17) is 14.6 Å². The number of carbonyl (C=O) groups is 3. The summed E-state index contributed by atoms with van der Waals surface area (Å²) in [5.41, 5.74) is 3.16. The second-order valence-corrected chi connectivity index (χ2v) is 8.97. The zero-order chi connectivity index (χ0) is 24.3. The number of benzene rings is 2. The molecule has 1 saturated carbocycles. The van der Waals surface area contributed by atoms with Crippen LogP contribution in [0.5, 0.6) is 0 Å². The first-order valence-electron chi connectivity index (χ1n) is 11.5. The predicted octanol–water partition coefficient (Wildman–Crippen LogP) is 3.16. The summed E-state index contributed by atoms with van der Waals surface area (Å²) in [6, 6.07) is 16.1. The van der Waals surface area contributed by atoms with Gasteiger partial charge in [0.05, 0.1) is 12.5 Å². The van der Waals surface area contributed by atoms with E-state index in [1.54, 1.807) is 6.92 Å². The van der Waals surface area contributed by atoms with Gasteiger partial charge in [-0.05, 0) is 41.0 Å². The Morgan fingerprint density at radius 1 is 1.06 bits per heavy atom. The molecule has 0 spiro atoms. The molecule has 0 saturated heterocycles.